The van der Waals surface area contributed by atoms with E-state index in [1.807, 2.05) is 24.3 Å². The van der Waals surface area contributed by atoms with Crippen molar-refractivity contribution in [3.05, 3.63) is 41.2 Å². The van der Waals surface area contributed by atoms with Crippen LogP contribution >= 0.6 is 7.60 Å². The molecule has 2 N–H and O–H groups in total. The SMILES string of the molecule is CCc1ccc(C=CP(=O)(O)O)cc1. The average molecular weight is 212 g/mol. The maximum atomic E-state index is 10.5. The lowest BCUT2D eigenvalue weighted by Crippen LogP contribution is -1.79. The van der Waals surface area contributed by atoms with Crippen LogP contribution in [0, 0.1) is 0 Å². The van der Waals surface area contributed by atoms with Gasteiger partial charge >= 0.3 is 7.60 Å². The molecule has 0 amide bonds. The van der Waals surface area contributed by atoms with Crippen molar-refractivity contribution in [1.29, 1.82) is 0 Å². The van der Waals surface area contributed by atoms with E-state index >= 15 is 0 Å². The molecule has 1 rings (SSSR count). The van der Waals surface area contributed by atoms with Gasteiger partial charge in [0.15, 0.2) is 0 Å². The summed E-state index contributed by atoms with van der Waals surface area (Å²) in [7, 11) is -4.03. The van der Waals surface area contributed by atoms with Crippen LogP contribution < -0.4 is 0 Å². The van der Waals surface area contributed by atoms with E-state index < -0.39 is 7.60 Å². The smallest absolute Gasteiger partial charge is 0.321 e. The molecule has 1 aromatic rings. The van der Waals surface area contributed by atoms with Crippen LogP contribution in [0.3, 0.4) is 0 Å². The predicted molar refractivity (Wildman–Crippen MR) is 56.9 cm³/mol. The molecule has 0 unspecified atom stereocenters. The highest BCUT2D eigenvalue weighted by atomic mass is 31.2. The molecule has 0 heterocycles. The molecule has 3 nitrogen and oxygen atoms in total. The van der Waals surface area contributed by atoms with Gasteiger partial charge < -0.3 is 9.79 Å². The molecule has 0 aliphatic rings. The molecule has 0 saturated carbocycles. The van der Waals surface area contributed by atoms with Gasteiger partial charge in [-0.15, -0.1) is 0 Å². The fraction of sp³-hybridized carbons (Fsp3) is 0.200. The van der Waals surface area contributed by atoms with Crippen molar-refractivity contribution in [1.82, 2.24) is 0 Å². The minimum Gasteiger partial charge on any atom is -0.321 e. The van der Waals surface area contributed by atoms with Gasteiger partial charge in [0.05, 0.1) is 0 Å². The van der Waals surface area contributed by atoms with E-state index in [9.17, 15) is 4.57 Å². The molecular formula is C10H13O3P. The number of hydrogen-bond acceptors (Lipinski definition) is 1. The molecule has 0 bridgehead atoms. The summed E-state index contributed by atoms with van der Waals surface area (Å²) in [6.45, 7) is 2.06. The van der Waals surface area contributed by atoms with Gasteiger partial charge in [0.25, 0.3) is 0 Å². The van der Waals surface area contributed by atoms with E-state index in [0.29, 0.717) is 0 Å². The van der Waals surface area contributed by atoms with E-state index in [2.05, 4.69) is 6.92 Å². The van der Waals surface area contributed by atoms with Gasteiger partial charge in [-0.1, -0.05) is 31.2 Å². The highest BCUT2D eigenvalue weighted by Crippen LogP contribution is 2.36. The van der Waals surface area contributed by atoms with Gasteiger partial charge in [0.2, 0.25) is 0 Å². The summed E-state index contributed by atoms with van der Waals surface area (Å²) in [6.07, 6.45) is 2.39. The molecule has 0 atom stereocenters. The van der Waals surface area contributed by atoms with Crippen LogP contribution in [-0.4, -0.2) is 9.79 Å². The monoisotopic (exact) mass is 212 g/mol. The molecule has 0 saturated heterocycles. The number of hydrogen-bond donors (Lipinski definition) is 2. The van der Waals surface area contributed by atoms with Gasteiger partial charge in [0.1, 0.15) is 0 Å². The summed E-state index contributed by atoms with van der Waals surface area (Å²) in [6, 6.07) is 7.56. The maximum Gasteiger partial charge on any atom is 0.349 e. The molecule has 76 valence electrons. The van der Waals surface area contributed by atoms with E-state index in [-0.39, 0.29) is 0 Å². The van der Waals surface area contributed by atoms with E-state index in [4.69, 9.17) is 9.79 Å². The molecule has 0 aliphatic heterocycles. The van der Waals surface area contributed by atoms with Crippen molar-refractivity contribution < 1.29 is 14.4 Å². The highest BCUT2D eigenvalue weighted by molar-refractivity contribution is 7.55. The van der Waals surface area contributed by atoms with Gasteiger partial charge in [-0.3, -0.25) is 4.57 Å². The van der Waals surface area contributed by atoms with Crippen LogP contribution in [0.1, 0.15) is 18.1 Å². The Balaban J connectivity index is 2.79. The quantitative estimate of drug-likeness (QED) is 0.756. The highest BCUT2D eigenvalue weighted by Gasteiger charge is 2.04. The first-order chi connectivity index (χ1) is 6.51. The molecule has 0 fully saturated rings. The van der Waals surface area contributed by atoms with Crippen molar-refractivity contribution in [3.8, 4) is 0 Å². The Morgan fingerprint density at radius 2 is 1.86 bits per heavy atom. The zero-order valence-corrected chi connectivity index (χ0v) is 8.82. The standard InChI is InChI=1S/C10H13O3P/c1-2-9-3-5-10(6-4-9)7-8-14(11,12)13/h3-8H,2H2,1H3,(H2,11,12,13). The molecule has 1 aromatic carbocycles. The van der Waals surface area contributed by atoms with E-state index in [0.717, 1.165) is 17.8 Å². The van der Waals surface area contributed by atoms with Crippen molar-refractivity contribution in [2.24, 2.45) is 0 Å². The van der Waals surface area contributed by atoms with E-state index in [1.165, 1.54) is 11.6 Å². The van der Waals surface area contributed by atoms with E-state index in [1.54, 1.807) is 0 Å². The van der Waals surface area contributed by atoms with Crippen molar-refractivity contribution >= 4 is 13.7 Å². The Morgan fingerprint density at radius 1 is 1.29 bits per heavy atom. The van der Waals surface area contributed by atoms with Crippen LogP contribution in [0.5, 0.6) is 0 Å². The Morgan fingerprint density at radius 3 is 2.29 bits per heavy atom. The predicted octanol–water partition coefficient (Wildman–Crippen LogP) is 2.40. The first-order valence-corrected chi connectivity index (χ1v) is 6.03. The molecule has 0 spiro atoms. The molecule has 4 heteroatoms. The number of aryl methyl sites for hydroxylation is 1. The average Bonchev–Trinajstić information content (AvgIpc) is 2.14. The summed E-state index contributed by atoms with van der Waals surface area (Å²) < 4.78 is 10.5. The summed E-state index contributed by atoms with van der Waals surface area (Å²) in [5.74, 6) is 0.911. The number of rotatable bonds is 3. The van der Waals surface area contributed by atoms with Gasteiger partial charge in [0, 0.05) is 5.82 Å². The van der Waals surface area contributed by atoms with Gasteiger partial charge in [-0.05, 0) is 23.6 Å². The van der Waals surface area contributed by atoms with Crippen LogP contribution in [0.15, 0.2) is 30.1 Å². The van der Waals surface area contributed by atoms with Crippen molar-refractivity contribution in [2.45, 2.75) is 13.3 Å². The second-order valence-corrected chi connectivity index (χ2v) is 4.48. The summed E-state index contributed by atoms with van der Waals surface area (Å²) in [5.41, 5.74) is 2.00. The Labute approximate surface area is 83.3 Å². The van der Waals surface area contributed by atoms with Crippen molar-refractivity contribution in [2.75, 3.05) is 0 Å². The lowest BCUT2D eigenvalue weighted by Gasteiger charge is -1.98. The van der Waals surface area contributed by atoms with Crippen LogP contribution in [0.2, 0.25) is 0 Å². The minimum atomic E-state index is -4.03. The second-order valence-electron chi connectivity index (χ2n) is 3.00. The van der Waals surface area contributed by atoms with Crippen LogP contribution in [0.4, 0.5) is 0 Å². The lowest BCUT2D eigenvalue weighted by atomic mass is 10.1. The molecular weight excluding hydrogens is 199 g/mol. The Kier molecular flexibility index (Phi) is 3.64. The van der Waals surface area contributed by atoms with Gasteiger partial charge in [-0.2, -0.15) is 0 Å². The van der Waals surface area contributed by atoms with Crippen LogP contribution in [0.25, 0.3) is 6.08 Å². The summed E-state index contributed by atoms with van der Waals surface area (Å²) >= 11 is 0. The van der Waals surface area contributed by atoms with Gasteiger partial charge in [-0.25, -0.2) is 0 Å². The largest absolute Gasteiger partial charge is 0.349 e. The second kappa shape index (κ2) is 4.56. The summed E-state index contributed by atoms with van der Waals surface area (Å²) in [4.78, 5) is 17.2. The lowest BCUT2D eigenvalue weighted by molar-refractivity contribution is 0.386. The normalized spacial score (nSPS) is 12.2. The topological polar surface area (TPSA) is 57.5 Å². The Bertz CT molecular complexity index is 361. The summed E-state index contributed by atoms with van der Waals surface area (Å²) in [5, 5.41) is 0. The number of benzene rings is 1. The molecule has 0 aliphatic carbocycles. The molecule has 0 aromatic heterocycles. The maximum absolute atomic E-state index is 10.5. The molecule has 14 heavy (non-hydrogen) atoms. The minimum absolute atomic E-state index is 0.797. The third-order valence-electron chi connectivity index (χ3n) is 1.85. The zero-order chi connectivity index (χ0) is 10.6. The fourth-order valence-corrected chi connectivity index (χ4v) is 1.41. The first-order valence-electron chi connectivity index (χ1n) is 4.34. The molecule has 0 radical (unpaired) electrons. The zero-order valence-electron chi connectivity index (χ0n) is 7.92. The van der Waals surface area contributed by atoms with Crippen LogP contribution in [-0.2, 0) is 11.0 Å². The fourth-order valence-electron chi connectivity index (χ4n) is 1.05. The third kappa shape index (κ3) is 3.88. The Hall–Kier alpha value is -0.890. The third-order valence-corrected chi connectivity index (χ3v) is 2.39. The van der Waals surface area contributed by atoms with Crippen molar-refractivity contribution in [3.63, 3.8) is 0 Å². The first kappa shape index (κ1) is 11.2.